The standard InChI is InChI=1S/C22H23NO6/c1-14(24)17-6-5-7-18(13-17)23-22(26)15(2)29-21(25)11-9-16-8-10-19(27-3)20(12-16)28-4/h5-13,15H,1-4H3,(H,23,26)/b11-9+/t15-/m0/s1. The lowest BCUT2D eigenvalue weighted by molar-refractivity contribution is -0.148. The monoisotopic (exact) mass is 397 g/mol. The van der Waals surface area contributed by atoms with Crippen molar-refractivity contribution in [1.29, 1.82) is 0 Å². The van der Waals surface area contributed by atoms with Crippen molar-refractivity contribution in [3.05, 3.63) is 59.7 Å². The largest absolute Gasteiger partial charge is 0.493 e. The summed E-state index contributed by atoms with van der Waals surface area (Å²) < 4.78 is 15.5. The molecule has 0 fully saturated rings. The highest BCUT2D eigenvalue weighted by Gasteiger charge is 2.17. The van der Waals surface area contributed by atoms with Crippen LogP contribution >= 0.6 is 0 Å². The summed E-state index contributed by atoms with van der Waals surface area (Å²) in [6.45, 7) is 2.91. The van der Waals surface area contributed by atoms with Crippen molar-refractivity contribution < 1.29 is 28.6 Å². The van der Waals surface area contributed by atoms with E-state index in [4.69, 9.17) is 14.2 Å². The summed E-state index contributed by atoms with van der Waals surface area (Å²) in [5.41, 5.74) is 1.63. The predicted octanol–water partition coefficient (Wildman–Crippen LogP) is 3.49. The number of ketones is 1. The van der Waals surface area contributed by atoms with Gasteiger partial charge in [-0.15, -0.1) is 0 Å². The van der Waals surface area contributed by atoms with E-state index in [2.05, 4.69) is 5.32 Å². The van der Waals surface area contributed by atoms with Crippen LogP contribution in [0.15, 0.2) is 48.5 Å². The molecule has 152 valence electrons. The molecule has 7 nitrogen and oxygen atoms in total. The molecule has 0 saturated heterocycles. The fourth-order valence-electron chi connectivity index (χ4n) is 2.45. The number of rotatable bonds is 8. The van der Waals surface area contributed by atoms with Gasteiger partial charge < -0.3 is 19.5 Å². The minimum Gasteiger partial charge on any atom is -0.493 e. The van der Waals surface area contributed by atoms with Crippen molar-refractivity contribution in [3.8, 4) is 11.5 Å². The van der Waals surface area contributed by atoms with Crippen LogP contribution in [0.2, 0.25) is 0 Å². The number of amides is 1. The maximum absolute atomic E-state index is 12.2. The van der Waals surface area contributed by atoms with Crippen molar-refractivity contribution in [2.45, 2.75) is 20.0 Å². The maximum Gasteiger partial charge on any atom is 0.331 e. The Labute approximate surface area is 169 Å². The molecule has 1 N–H and O–H groups in total. The van der Waals surface area contributed by atoms with Gasteiger partial charge in [-0.25, -0.2) is 4.79 Å². The number of carbonyl (C=O) groups excluding carboxylic acids is 3. The summed E-state index contributed by atoms with van der Waals surface area (Å²) in [4.78, 5) is 35.7. The molecule has 0 aliphatic carbocycles. The second-order valence-electron chi connectivity index (χ2n) is 6.15. The van der Waals surface area contributed by atoms with Gasteiger partial charge in [-0.05, 0) is 49.8 Å². The summed E-state index contributed by atoms with van der Waals surface area (Å²) in [7, 11) is 3.06. The van der Waals surface area contributed by atoms with Crippen LogP contribution in [-0.2, 0) is 14.3 Å². The van der Waals surface area contributed by atoms with E-state index in [1.165, 1.54) is 34.1 Å². The highest BCUT2D eigenvalue weighted by atomic mass is 16.5. The van der Waals surface area contributed by atoms with Crippen LogP contribution in [0.4, 0.5) is 5.69 Å². The van der Waals surface area contributed by atoms with Crippen LogP contribution in [-0.4, -0.2) is 38.0 Å². The van der Waals surface area contributed by atoms with E-state index < -0.39 is 18.0 Å². The van der Waals surface area contributed by atoms with Gasteiger partial charge in [0.05, 0.1) is 14.2 Å². The lowest BCUT2D eigenvalue weighted by Crippen LogP contribution is -2.29. The van der Waals surface area contributed by atoms with Crippen molar-refractivity contribution in [2.24, 2.45) is 0 Å². The molecule has 0 bridgehead atoms. The number of methoxy groups -OCH3 is 2. The van der Waals surface area contributed by atoms with Gasteiger partial charge in [-0.3, -0.25) is 9.59 Å². The first-order chi connectivity index (χ1) is 13.8. The Morgan fingerprint density at radius 1 is 1.00 bits per heavy atom. The number of Topliss-reactive ketones (excluding diaryl/α,β-unsaturated/α-hetero) is 1. The molecule has 2 aromatic rings. The number of hydrogen-bond donors (Lipinski definition) is 1. The van der Waals surface area contributed by atoms with E-state index in [-0.39, 0.29) is 5.78 Å². The Morgan fingerprint density at radius 3 is 2.38 bits per heavy atom. The minimum atomic E-state index is -1.02. The number of hydrogen-bond acceptors (Lipinski definition) is 6. The van der Waals surface area contributed by atoms with Crippen LogP contribution in [0.3, 0.4) is 0 Å². The summed E-state index contributed by atoms with van der Waals surface area (Å²) in [5, 5.41) is 2.62. The molecular weight excluding hydrogens is 374 g/mol. The van der Waals surface area contributed by atoms with E-state index in [1.807, 2.05) is 0 Å². The molecule has 1 amide bonds. The maximum atomic E-state index is 12.2. The fourth-order valence-corrected chi connectivity index (χ4v) is 2.45. The average Bonchev–Trinajstić information content (AvgIpc) is 2.72. The first-order valence-electron chi connectivity index (χ1n) is 8.86. The highest BCUT2D eigenvalue weighted by Crippen LogP contribution is 2.28. The number of esters is 1. The number of nitrogens with one attached hydrogen (secondary N) is 1. The van der Waals surface area contributed by atoms with Crippen molar-refractivity contribution in [1.82, 2.24) is 0 Å². The lowest BCUT2D eigenvalue weighted by atomic mass is 10.1. The van der Waals surface area contributed by atoms with Gasteiger partial charge in [0, 0.05) is 17.3 Å². The van der Waals surface area contributed by atoms with Crippen LogP contribution in [0, 0.1) is 0 Å². The quantitative estimate of drug-likeness (QED) is 0.417. The third kappa shape index (κ3) is 6.21. The average molecular weight is 397 g/mol. The summed E-state index contributed by atoms with van der Waals surface area (Å²) in [6, 6.07) is 11.7. The SMILES string of the molecule is COc1ccc(/C=C/C(=O)O[C@@H](C)C(=O)Nc2cccc(C(C)=O)c2)cc1OC. The molecule has 2 aromatic carbocycles. The molecule has 0 aliphatic heterocycles. The summed E-state index contributed by atoms with van der Waals surface area (Å²) in [6.07, 6.45) is 1.76. The lowest BCUT2D eigenvalue weighted by Gasteiger charge is -2.13. The van der Waals surface area contributed by atoms with Gasteiger partial charge in [0.1, 0.15) is 0 Å². The van der Waals surface area contributed by atoms with Crippen LogP contribution in [0.1, 0.15) is 29.8 Å². The number of ether oxygens (including phenoxy) is 3. The molecular formula is C22H23NO6. The molecule has 2 rings (SSSR count). The van der Waals surface area contributed by atoms with Gasteiger partial charge >= 0.3 is 5.97 Å². The predicted molar refractivity (Wildman–Crippen MR) is 109 cm³/mol. The topological polar surface area (TPSA) is 90.9 Å². The van der Waals surface area contributed by atoms with Gasteiger partial charge in [0.2, 0.25) is 0 Å². The number of benzene rings is 2. The second kappa shape index (κ2) is 10.1. The van der Waals surface area contributed by atoms with E-state index in [1.54, 1.807) is 48.5 Å². The molecule has 1 atom stereocenters. The smallest absolute Gasteiger partial charge is 0.331 e. The highest BCUT2D eigenvalue weighted by molar-refractivity contribution is 5.99. The molecule has 0 aliphatic rings. The minimum absolute atomic E-state index is 0.110. The number of carbonyl (C=O) groups is 3. The summed E-state index contributed by atoms with van der Waals surface area (Å²) >= 11 is 0. The Kier molecular flexibility index (Phi) is 7.54. The van der Waals surface area contributed by atoms with Gasteiger partial charge in [-0.1, -0.05) is 18.2 Å². The van der Waals surface area contributed by atoms with E-state index in [9.17, 15) is 14.4 Å². The first kappa shape index (κ1) is 21.7. The van der Waals surface area contributed by atoms with E-state index >= 15 is 0 Å². The normalized spacial score (nSPS) is 11.6. The molecule has 0 unspecified atom stereocenters. The third-order valence-corrected chi connectivity index (χ3v) is 4.02. The Morgan fingerprint density at radius 2 is 1.72 bits per heavy atom. The van der Waals surface area contributed by atoms with E-state index in [0.717, 1.165) is 0 Å². The van der Waals surface area contributed by atoms with Crippen LogP contribution in [0.5, 0.6) is 11.5 Å². The van der Waals surface area contributed by atoms with Crippen molar-refractivity contribution in [2.75, 3.05) is 19.5 Å². The Bertz CT molecular complexity index is 935. The van der Waals surface area contributed by atoms with Gasteiger partial charge in [-0.2, -0.15) is 0 Å². The van der Waals surface area contributed by atoms with Gasteiger partial charge in [0.25, 0.3) is 5.91 Å². The molecule has 0 aromatic heterocycles. The van der Waals surface area contributed by atoms with Gasteiger partial charge in [0.15, 0.2) is 23.4 Å². The molecule has 0 heterocycles. The van der Waals surface area contributed by atoms with E-state index in [0.29, 0.717) is 28.3 Å². The van der Waals surface area contributed by atoms with Crippen LogP contribution in [0.25, 0.3) is 6.08 Å². The fraction of sp³-hybridized carbons (Fsp3) is 0.227. The Hall–Kier alpha value is -3.61. The number of anilines is 1. The second-order valence-corrected chi connectivity index (χ2v) is 6.15. The molecule has 0 saturated carbocycles. The molecule has 7 heteroatoms. The zero-order valence-electron chi connectivity index (χ0n) is 16.7. The zero-order chi connectivity index (χ0) is 21.4. The molecule has 29 heavy (non-hydrogen) atoms. The third-order valence-electron chi connectivity index (χ3n) is 4.02. The summed E-state index contributed by atoms with van der Waals surface area (Å²) in [5.74, 6) is -0.172. The molecule has 0 radical (unpaired) electrons. The zero-order valence-corrected chi connectivity index (χ0v) is 16.7. The molecule has 0 spiro atoms. The van der Waals surface area contributed by atoms with Crippen molar-refractivity contribution in [3.63, 3.8) is 0 Å². The van der Waals surface area contributed by atoms with Crippen LogP contribution < -0.4 is 14.8 Å². The first-order valence-corrected chi connectivity index (χ1v) is 8.86. The van der Waals surface area contributed by atoms with Crippen molar-refractivity contribution >= 4 is 29.4 Å². The Balaban J connectivity index is 1.96.